The van der Waals surface area contributed by atoms with Gasteiger partial charge in [0.15, 0.2) is 0 Å². The van der Waals surface area contributed by atoms with Crippen LogP contribution in [0.15, 0.2) is 60.8 Å². The maximum atomic E-state index is 4.44. The van der Waals surface area contributed by atoms with Crippen molar-refractivity contribution in [1.82, 2.24) is 10.3 Å². The lowest BCUT2D eigenvalue weighted by molar-refractivity contribution is 0.696. The van der Waals surface area contributed by atoms with Crippen LogP contribution < -0.4 is 5.32 Å². The molecule has 0 aliphatic rings. The lowest BCUT2D eigenvalue weighted by Crippen LogP contribution is -2.18. The van der Waals surface area contributed by atoms with Crippen molar-refractivity contribution in [2.45, 2.75) is 6.04 Å². The first kappa shape index (κ1) is 13.5. The summed E-state index contributed by atoms with van der Waals surface area (Å²) in [5.74, 6) is 0. The van der Waals surface area contributed by atoms with E-state index >= 15 is 0 Å². The van der Waals surface area contributed by atoms with Gasteiger partial charge in [-0.25, -0.2) is 0 Å². The molecule has 3 rings (SSSR count). The maximum Gasteiger partial charge on any atom is 0.0705 e. The Hall–Kier alpha value is -1.46. The van der Waals surface area contributed by atoms with Gasteiger partial charge in [-0.15, -0.1) is 0 Å². The molecule has 3 aromatic rings. The number of nitrogens with zero attached hydrogens (tertiary/aromatic N) is 1. The highest BCUT2D eigenvalue weighted by Gasteiger charge is 2.14. The second-order valence-electron chi connectivity index (χ2n) is 4.69. The average Bonchev–Trinajstić information content (AvgIpc) is 2.48. The molecule has 3 heteroatoms. The van der Waals surface area contributed by atoms with E-state index in [2.05, 4.69) is 81.4 Å². The van der Waals surface area contributed by atoms with Gasteiger partial charge in [-0.05, 0) is 65.0 Å². The summed E-state index contributed by atoms with van der Waals surface area (Å²) in [7, 11) is 2.00. The molecule has 1 aromatic heterocycles. The van der Waals surface area contributed by atoms with Crippen LogP contribution in [0.1, 0.15) is 17.2 Å². The Morgan fingerprint density at radius 3 is 2.70 bits per heavy atom. The second kappa shape index (κ2) is 5.89. The van der Waals surface area contributed by atoms with E-state index in [9.17, 15) is 0 Å². The molecule has 2 nitrogen and oxygen atoms in total. The first-order chi connectivity index (χ1) is 9.79. The van der Waals surface area contributed by atoms with Gasteiger partial charge in [0.2, 0.25) is 0 Å². The number of nitrogens with one attached hydrogen (secondary N) is 1. The van der Waals surface area contributed by atoms with Gasteiger partial charge < -0.3 is 5.32 Å². The molecule has 100 valence electrons. The van der Waals surface area contributed by atoms with E-state index in [1.165, 1.54) is 20.1 Å². The molecule has 0 saturated heterocycles. The fraction of sp³-hybridized carbons (Fsp3) is 0.118. The van der Waals surface area contributed by atoms with Crippen molar-refractivity contribution < 1.29 is 0 Å². The number of halogens is 1. The molecule has 0 bridgehead atoms. The number of rotatable bonds is 3. The van der Waals surface area contributed by atoms with Gasteiger partial charge in [-0.1, -0.05) is 30.3 Å². The highest BCUT2D eigenvalue weighted by Crippen LogP contribution is 2.28. The number of hydrogen-bond acceptors (Lipinski definition) is 2. The molecule has 0 aliphatic carbocycles. The molecule has 2 aromatic carbocycles. The summed E-state index contributed by atoms with van der Waals surface area (Å²) in [5.41, 5.74) is 3.58. The summed E-state index contributed by atoms with van der Waals surface area (Å²) in [6, 6.07) is 19.2. The highest BCUT2D eigenvalue weighted by molar-refractivity contribution is 14.1. The van der Waals surface area contributed by atoms with Crippen molar-refractivity contribution in [3.05, 3.63) is 75.5 Å². The van der Waals surface area contributed by atoms with E-state index in [0.29, 0.717) is 0 Å². The van der Waals surface area contributed by atoms with Gasteiger partial charge in [0, 0.05) is 15.2 Å². The van der Waals surface area contributed by atoms with Gasteiger partial charge in [0.1, 0.15) is 0 Å². The molecule has 1 N–H and O–H groups in total. The summed E-state index contributed by atoms with van der Waals surface area (Å²) < 4.78 is 1.25. The van der Waals surface area contributed by atoms with Gasteiger partial charge in [-0.2, -0.15) is 0 Å². The molecular weight excluding hydrogens is 359 g/mol. The Kier molecular flexibility index (Phi) is 3.98. The van der Waals surface area contributed by atoms with Crippen LogP contribution in [0.3, 0.4) is 0 Å². The largest absolute Gasteiger partial charge is 0.309 e. The molecule has 0 aliphatic heterocycles. The lowest BCUT2D eigenvalue weighted by atomic mass is 9.95. The van der Waals surface area contributed by atoms with Crippen molar-refractivity contribution in [2.24, 2.45) is 0 Å². The summed E-state index contributed by atoms with van der Waals surface area (Å²) in [6.45, 7) is 0. The van der Waals surface area contributed by atoms with Crippen molar-refractivity contribution in [3.63, 3.8) is 0 Å². The number of pyridine rings is 1. The Bertz CT molecular complexity index is 734. The number of aromatic nitrogens is 1. The molecule has 20 heavy (non-hydrogen) atoms. The smallest absolute Gasteiger partial charge is 0.0705 e. The zero-order chi connectivity index (χ0) is 13.9. The van der Waals surface area contributed by atoms with Crippen molar-refractivity contribution in [1.29, 1.82) is 0 Å². The van der Waals surface area contributed by atoms with Crippen molar-refractivity contribution >= 4 is 33.5 Å². The van der Waals surface area contributed by atoms with Crippen molar-refractivity contribution in [2.75, 3.05) is 7.05 Å². The first-order valence-electron chi connectivity index (χ1n) is 6.56. The average molecular weight is 374 g/mol. The van der Waals surface area contributed by atoms with Gasteiger partial charge >= 0.3 is 0 Å². The number of hydrogen-bond donors (Lipinski definition) is 1. The van der Waals surface area contributed by atoms with Gasteiger partial charge in [0.05, 0.1) is 11.6 Å². The molecular formula is C17H15IN2. The molecule has 0 radical (unpaired) electrons. The van der Waals surface area contributed by atoms with Crippen LogP contribution in [0.5, 0.6) is 0 Å². The fourth-order valence-electron chi connectivity index (χ4n) is 2.57. The molecule has 0 amide bonds. The van der Waals surface area contributed by atoms with Gasteiger partial charge in [0.25, 0.3) is 0 Å². The van der Waals surface area contributed by atoms with Crippen LogP contribution in [-0.4, -0.2) is 12.0 Å². The third-order valence-electron chi connectivity index (χ3n) is 3.46. The monoisotopic (exact) mass is 374 g/mol. The van der Waals surface area contributed by atoms with E-state index < -0.39 is 0 Å². The lowest BCUT2D eigenvalue weighted by Gasteiger charge is -2.19. The fourth-order valence-corrected chi connectivity index (χ4v) is 3.13. The third kappa shape index (κ3) is 2.55. The topological polar surface area (TPSA) is 24.9 Å². The minimum atomic E-state index is 0.178. The summed E-state index contributed by atoms with van der Waals surface area (Å²) in [4.78, 5) is 4.44. The van der Waals surface area contributed by atoms with Gasteiger partial charge in [-0.3, -0.25) is 4.98 Å². The molecule has 0 saturated carbocycles. The predicted molar refractivity (Wildman–Crippen MR) is 91.8 cm³/mol. The predicted octanol–water partition coefficient (Wildman–Crippen LogP) is 4.15. The minimum absolute atomic E-state index is 0.178. The Balaban J connectivity index is 2.17. The zero-order valence-electron chi connectivity index (χ0n) is 11.2. The quantitative estimate of drug-likeness (QED) is 0.697. The van der Waals surface area contributed by atoms with Crippen LogP contribution in [0.4, 0.5) is 0 Å². The highest BCUT2D eigenvalue weighted by atomic mass is 127. The standard InChI is InChI=1S/C17H15IN2/c1-19-17(12-5-2-6-13(18)11-12)15-7-3-9-16-14(15)8-4-10-20-16/h2-11,17,19H,1H3. The van der Waals surface area contributed by atoms with Crippen LogP contribution in [0.2, 0.25) is 0 Å². The molecule has 0 fully saturated rings. The SMILES string of the molecule is CNC(c1cccc(I)c1)c1cccc2ncccc12. The number of fused-ring (bicyclic) bond motifs is 1. The Morgan fingerprint density at radius 2 is 1.90 bits per heavy atom. The van der Waals surface area contributed by atoms with E-state index in [4.69, 9.17) is 0 Å². The second-order valence-corrected chi connectivity index (χ2v) is 5.94. The third-order valence-corrected chi connectivity index (χ3v) is 4.13. The summed E-state index contributed by atoms with van der Waals surface area (Å²) in [5, 5.41) is 4.62. The molecule has 1 atom stereocenters. The summed E-state index contributed by atoms with van der Waals surface area (Å²) >= 11 is 2.35. The Morgan fingerprint density at radius 1 is 1.05 bits per heavy atom. The Labute approximate surface area is 132 Å². The molecule has 1 heterocycles. The molecule has 1 unspecified atom stereocenters. The van der Waals surface area contributed by atoms with Crippen LogP contribution in [-0.2, 0) is 0 Å². The van der Waals surface area contributed by atoms with Crippen LogP contribution in [0, 0.1) is 3.57 Å². The van der Waals surface area contributed by atoms with E-state index in [0.717, 1.165) is 5.52 Å². The van der Waals surface area contributed by atoms with E-state index in [1.807, 2.05) is 19.3 Å². The van der Waals surface area contributed by atoms with Crippen molar-refractivity contribution in [3.8, 4) is 0 Å². The maximum absolute atomic E-state index is 4.44. The zero-order valence-corrected chi connectivity index (χ0v) is 13.3. The van der Waals surface area contributed by atoms with Crippen LogP contribution >= 0.6 is 22.6 Å². The minimum Gasteiger partial charge on any atom is -0.309 e. The number of benzene rings is 2. The normalized spacial score (nSPS) is 12.5. The van der Waals surface area contributed by atoms with E-state index in [-0.39, 0.29) is 6.04 Å². The van der Waals surface area contributed by atoms with E-state index in [1.54, 1.807) is 0 Å². The molecule has 0 spiro atoms. The van der Waals surface area contributed by atoms with Crippen LogP contribution in [0.25, 0.3) is 10.9 Å². The first-order valence-corrected chi connectivity index (χ1v) is 7.64. The summed E-state index contributed by atoms with van der Waals surface area (Å²) in [6.07, 6.45) is 1.84.